The lowest BCUT2D eigenvalue weighted by Crippen LogP contribution is -2.41. The van der Waals surface area contributed by atoms with Gasteiger partial charge >= 0.3 is 5.97 Å². The number of amides is 1. The Morgan fingerprint density at radius 1 is 1.15 bits per heavy atom. The Morgan fingerprint density at radius 2 is 1.94 bits per heavy atom. The van der Waals surface area contributed by atoms with Gasteiger partial charge in [0.25, 0.3) is 11.9 Å². The fourth-order valence-electron chi connectivity index (χ4n) is 3.13. The molecule has 2 heterocycles. The molecule has 1 amide bonds. The number of para-hydroxylation sites is 1. The molecule has 0 radical (unpaired) electrons. The van der Waals surface area contributed by atoms with Crippen LogP contribution in [0.4, 0.5) is 11.6 Å². The number of nitrogens with two attached hydrogens (primary N) is 1. The van der Waals surface area contributed by atoms with Gasteiger partial charge in [0.1, 0.15) is 5.75 Å². The van der Waals surface area contributed by atoms with Gasteiger partial charge in [-0.3, -0.25) is 4.79 Å². The molecule has 1 aromatic heterocycles. The number of benzene rings is 2. The monoisotopic (exact) mass is 476 g/mol. The lowest BCUT2D eigenvalue weighted by molar-refractivity contribution is -0.135. The van der Waals surface area contributed by atoms with E-state index in [1.54, 1.807) is 31.4 Å². The van der Waals surface area contributed by atoms with Crippen LogP contribution >= 0.6 is 11.8 Å². The number of nitrogens with zero attached hydrogens (tertiary/aromatic N) is 5. The van der Waals surface area contributed by atoms with E-state index in [1.807, 2.05) is 31.2 Å². The Bertz CT molecular complexity index is 1380. The van der Waals surface area contributed by atoms with Gasteiger partial charge in [-0.2, -0.15) is 4.99 Å². The summed E-state index contributed by atoms with van der Waals surface area (Å²) in [5.41, 5.74) is 8.17. The summed E-state index contributed by atoms with van der Waals surface area (Å²) in [4.78, 5) is 43.7. The number of aromatic nitrogens is 2. The van der Waals surface area contributed by atoms with Crippen LogP contribution in [-0.4, -0.2) is 52.1 Å². The lowest BCUT2D eigenvalue weighted by atomic mass is 10.2. The zero-order valence-corrected chi connectivity index (χ0v) is 19.4. The molecule has 11 heteroatoms. The SMILES string of the molecule is COC(=O)/C=C1\SC(=Nc2cccc(OC)c2)N(C(N)=Nc2nc(C)c3ccccc3n2)C1=O. The van der Waals surface area contributed by atoms with Crippen molar-refractivity contribution in [1.82, 2.24) is 14.9 Å². The maximum atomic E-state index is 13.1. The summed E-state index contributed by atoms with van der Waals surface area (Å²) in [6, 6.07) is 14.5. The lowest BCUT2D eigenvalue weighted by Gasteiger charge is -2.14. The molecule has 0 unspecified atom stereocenters. The van der Waals surface area contributed by atoms with Crippen LogP contribution in [-0.2, 0) is 14.3 Å². The van der Waals surface area contributed by atoms with Crippen LogP contribution < -0.4 is 10.5 Å². The number of carbonyl (C=O) groups excluding carboxylic acids is 2. The van der Waals surface area contributed by atoms with Crippen LogP contribution in [0.15, 0.2) is 69.5 Å². The summed E-state index contributed by atoms with van der Waals surface area (Å²) >= 11 is 0.968. The first kappa shape index (κ1) is 22.9. The summed E-state index contributed by atoms with van der Waals surface area (Å²) in [6.07, 6.45) is 1.08. The van der Waals surface area contributed by atoms with Gasteiger partial charge in [-0.05, 0) is 36.9 Å². The van der Waals surface area contributed by atoms with Gasteiger partial charge < -0.3 is 15.2 Å². The molecule has 0 bridgehead atoms. The van der Waals surface area contributed by atoms with E-state index in [-0.39, 0.29) is 22.0 Å². The van der Waals surface area contributed by atoms with Crippen LogP contribution in [0.3, 0.4) is 0 Å². The number of hydrogen-bond acceptors (Lipinski definition) is 9. The van der Waals surface area contributed by atoms with E-state index in [1.165, 1.54) is 7.11 Å². The maximum absolute atomic E-state index is 13.1. The van der Waals surface area contributed by atoms with Gasteiger partial charge in [0, 0.05) is 17.5 Å². The Morgan fingerprint density at radius 3 is 2.71 bits per heavy atom. The average Bonchev–Trinajstić information content (AvgIpc) is 3.13. The molecule has 0 saturated carbocycles. The highest BCUT2D eigenvalue weighted by Crippen LogP contribution is 2.33. The van der Waals surface area contributed by atoms with Crippen molar-refractivity contribution in [3.63, 3.8) is 0 Å². The van der Waals surface area contributed by atoms with E-state index in [9.17, 15) is 9.59 Å². The Hall–Kier alpha value is -4.25. The Balaban J connectivity index is 1.78. The van der Waals surface area contributed by atoms with E-state index >= 15 is 0 Å². The highest BCUT2D eigenvalue weighted by Gasteiger charge is 2.37. The smallest absolute Gasteiger partial charge is 0.331 e. The van der Waals surface area contributed by atoms with Crippen molar-refractivity contribution in [2.45, 2.75) is 6.92 Å². The van der Waals surface area contributed by atoms with Crippen molar-refractivity contribution < 1.29 is 19.1 Å². The van der Waals surface area contributed by atoms with E-state index in [0.717, 1.165) is 33.8 Å². The number of amidine groups is 1. The minimum Gasteiger partial charge on any atom is -0.497 e. The summed E-state index contributed by atoms with van der Waals surface area (Å²) < 4.78 is 9.89. The number of thioether (sulfide) groups is 1. The highest BCUT2D eigenvalue weighted by atomic mass is 32.2. The summed E-state index contributed by atoms with van der Waals surface area (Å²) in [5.74, 6) is -0.757. The number of carbonyl (C=O) groups is 2. The molecule has 0 aliphatic carbocycles. The fourth-order valence-corrected chi connectivity index (χ4v) is 4.08. The summed E-state index contributed by atoms with van der Waals surface area (Å²) in [6.45, 7) is 1.84. The number of esters is 1. The van der Waals surface area contributed by atoms with E-state index in [2.05, 4.69) is 24.7 Å². The highest BCUT2D eigenvalue weighted by molar-refractivity contribution is 8.18. The molecular weight excluding hydrogens is 456 g/mol. The molecule has 172 valence electrons. The number of guanidine groups is 1. The van der Waals surface area contributed by atoms with Crippen LogP contribution in [0.25, 0.3) is 10.9 Å². The first-order chi connectivity index (χ1) is 16.4. The molecular formula is C23H20N6O4S. The van der Waals surface area contributed by atoms with E-state index < -0.39 is 11.9 Å². The van der Waals surface area contributed by atoms with Crippen LogP contribution in [0, 0.1) is 6.92 Å². The number of aliphatic imine (C=N–C) groups is 2. The van der Waals surface area contributed by atoms with Gasteiger partial charge in [-0.25, -0.2) is 24.7 Å². The molecule has 1 fully saturated rings. The second-order valence-corrected chi connectivity index (χ2v) is 7.98. The second kappa shape index (κ2) is 9.71. The van der Waals surface area contributed by atoms with Crippen LogP contribution in [0.5, 0.6) is 5.75 Å². The van der Waals surface area contributed by atoms with Gasteiger partial charge in [0.2, 0.25) is 5.96 Å². The predicted molar refractivity (Wildman–Crippen MR) is 130 cm³/mol. The van der Waals surface area contributed by atoms with Crippen molar-refractivity contribution in [3.8, 4) is 5.75 Å². The van der Waals surface area contributed by atoms with E-state index in [0.29, 0.717) is 17.0 Å². The third-order valence-corrected chi connectivity index (χ3v) is 5.73. The van der Waals surface area contributed by atoms with Crippen molar-refractivity contribution >= 4 is 57.3 Å². The molecule has 10 nitrogen and oxygen atoms in total. The Kier molecular flexibility index (Phi) is 6.55. The number of fused-ring (bicyclic) bond motifs is 1. The summed E-state index contributed by atoms with van der Waals surface area (Å²) in [7, 11) is 2.77. The zero-order chi connectivity index (χ0) is 24.2. The van der Waals surface area contributed by atoms with Gasteiger partial charge in [-0.15, -0.1) is 0 Å². The Labute approximate surface area is 199 Å². The van der Waals surface area contributed by atoms with Crippen molar-refractivity contribution in [3.05, 3.63) is 65.2 Å². The van der Waals surface area contributed by atoms with Crippen molar-refractivity contribution in [2.75, 3.05) is 14.2 Å². The number of aryl methyl sites for hydroxylation is 1. The van der Waals surface area contributed by atoms with Crippen molar-refractivity contribution in [2.24, 2.45) is 15.7 Å². The molecule has 2 N–H and O–H groups in total. The third-order valence-electron chi connectivity index (χ3n) is 4.76. The van der Waals surface area contributed by atoms with Gasteiger partial charge in [-0.1, -0.05) is 24.3 Å². The first-order valence-electron chi connectivity index (χ1n) is 10.0. The van der Waals surface area contributed by atoms with Gasteiger partial charge in [0.15, 0.2) is 5.17 Å². The normalized spacial score (nSPS) is 16.5. The number of methoxy groups -OCH3 is 2. The topological polar surface area (TPSA) is 132 Å². The molecule has 1 saturated heterocycles. The third kappa shape index (κ3) is 4.74. The zero-order valence-electron chi connectivity index (χ0n) is 18.6. The predicted octanol–water partition coefficient (Wildman–Crippen LogP) is 3.21. The van der Waals surface area contributed by atoms with E-state index in [4.69, 9.17) is 10.5 Å². The molecule has 0 atom stereocenters. The molecule has 34 heavy (non-hydrogen) atoms. The van der Waals surface area contributed by atoms with Crippen LogP contribution in [0.2, 0.25) is 0 Å². The quantitative estimate of drug-likeness (QED) is 0.263. The van der Waals surface area contributed by atoms with Crippen LogP contribution in [0.1, 0.15) is 5.69 Å². The standard InChI is InChI=1S/C23H20N6O4S/c1-13-16-9-4-5-10-17(16)27-22(25-13)28-21(24)29-20(31)18(12-19(30)33-3)34-23(29)26-14-7-6-8-15(11-14)32-2/h4-12H,1-3H3,(H2,24,25,27,28)/b18-12-,26-23?. The molecule has 3 aromatic rings. The average molecular weight is 477 g/mol. The largest absolute Gasteiger partial charge is 0.497 e. The molecule has 0 spiro atoms. The molecule has 1 aliphatic rings. The minimum atomic E-state index is -0.678. The second-order valence-electron chi connectivity index (χ2n) is 6.97. The fraction of sp³-hybridized carbons (Fsp3) is 0.130. The van der Waals surface area contributed by atoms with Gasteiger partial charge in [0.05, 0.1) is 36.0 Å². The number of rotatable bonds is 4. The molecule has 1 aliphatic heterocycles. The number of hydrogen-bond donors (Lipinski definition) is 1. The summed E-state index contributed by atoms with van der Waals surface area (Å²) in [5, 5.41) is 1.09. The molecule has 2 aromatic carbocycles. The minimum absolute atomic E-state index is 0.0854. The number of ether oxygens (including phenoxy) is 2. The molecule has 4 rings (SSSR count). The maximum Gasteiger partial charge on any atom is 0.331 e. The van der Waals surface area contributed by atoms with Crippen molar-refractivity contribution in [1.29, 1.82) is 0 Å². The first-order valence-corrected chi connectivity index (χ1v) is 10.8.